The number of aromatic nitrogens is 3. The topological polar surface area (TPSA) is 81.4 Å². The molecule has 2 aromatic heterocycles. The fourth-order valence-electron chi connectivity index (χ4n) is 4.15. The lowest BCUT2D eigenvalue weighted by molar-refractivity contribution is 0.0714. The van der Waals surface area contributed by atoms with Crippen LogP contribution in [-0.4, -0.2) is 52.3 Å². The molecule has 0 unspecified atom stereocenters. The van der Waals surface area contributed by atoms with Crippen molar-refractivity contribution in [1.29, 1.82) is 0 Å². The summed E-state index contributed by atoms with van der Waals surface area (Å²) >= 11 is 0. The Balaban J connectivity index is 1.34. The lowest BCUT2D eigenvalue weighted by Crippen LogP contribution is -2.35. The highest BCUT2D eigenvalue weighted by Gasteiger charge is 2.52. The molecule has 2 saturated heterocycles. The minimum atomic E-state index is -0.124. The van der Waals surface area contributed by atoms with Crippen LogP contribution in [0, 0.1) is 18.3 Å². The maximum Gasteiger partial charge on any atom is 0.255 e. The largest absolute Gasteiger partial charge is 0.425 e. The van der Waals surface area contributed by atoms with Crippen LogP contribution < -0.4 is 0 Å². The zero-order valence-electron chi connectivity index (χ0n) is 14.9. The Morgan fingerprint density at radius 2 is 2.23 bits per heavy atom. The summed E-state index contributed by atoms with van der Waals surface area (Å²) < 4.78 is 11.6. The van der Waals surface area contributed by atoms with Gasteiger partial charge in [-0.15, -0.1) is 10.2 Å². The molecular weight excluding hydrogens is 332 g/mol. The number of ether oxygens (including phenoxy) is 1. The van der Waals surface area contributed by atoms with Crippen LogP contribution in [0.5, 0.6) is 0 Å². The van der Waals surface area contributed by atoms with Gasteiger partial charge in [0.2, 0.25) is 11.8 Å². The number of nitrogens with zero attached hydrogens (tertiary/aromatic N) is 4. The molecule has 0 bridgehead atoms. The first-order valence-corrected chi connectivity index (χ1v) is 9.25. The molecule has 26 heavy (non-hydrogen) atoms. The highest BCUT2D eigenvalue weighted by Crippen LogP contribution is 2.45. The van der Waals surface area contributed by atoms with Crippen molar-refractivity contribution < 1.29 is 13.9 Å². The van der Waals surface area contributed by atoms with Crippen molar-refractivity contribution in [2.45, 2.75) is 32.1 Å². The van der Waals surface area contributed by atoms with E-state index in [0.717, 1.165) is 24.4 Å². The molecule has 1 amide bonds. The zero-order valence-corrected chi connectivity index (χ0v) is 14.9. The van der Waals surface area contributed by atoms with Crippen LogP contribution >= 0.6 is 0 Å². The number of fused-ring (bicyclic) bond motifs is 1. The molecule has 1 saturated carbocycles. The molecule has 2 aromatic rings. The maximum atomic E-state index is 12.9. The Morgan fingerprint density at radius 3 is 3.00 bits per heavy atom. The molecule has 0 radical (unpaired) electrons. The lowest BCUT2D eigenvalue weighted by Gasteiger charge is -2.25. The molecule has 3 aliphatic rings. The first-order valence-electron chi connectivity index (χ1n) is 9.25. The third-order valence-electron chi connectivity index (χ3n) is 5.88. The highest BCUT2D eigenvalue weighted by molar-refractivity contribution is 5.94. The fraction of sp³-hybridized carbons (Fsp3) is 0.579. The Kier molecular flexibility index (Phi) is 3.60. The van der Waals surface area contributed by atoms with Crippen LogP contribution in [-0.2, 0) is 11.2 Å². The maximum absolute atomic E-state index is 12.9. The van der Waals surface area contributed by atoms with Crippen LogP contribution in [0.4, 0.5) is 0 Å². The van der Waals surface area contributed by atoms with Crippen LogP contribution in [0.2, 0.25) is 0 Å². The van der Waals surface area contributed by atoms with E-state index in [1.807, 2.05) is 24.0 Å². The number of hydrogen-bond donors (Lipinski definition) is 0. The summed E-state index contributed by atoms with van der Waals surface area (Å²) in [6, 6.07) is 3.72. The van der Waals surface area contributed by atoms with E-state index in [4.69, 9.17) is 9.15 Å². The second-order valence-electron chi connectivity index (χ2n) is 7.93. The van der Waals surface area contributed by atoms with Crippen molar-refractivity contribution in [2.75, 3.05) is 26.3 Å². The normalized spacial score (nSPS) is 27.7. The molecule has 7 heteroatoms. The summed E-state index contributed by atoms with van der Waals surface area (Å²) in [5.41, 5.74) is 1.43. The number of rotatable bonds is 4. The van der Waals surface area contributed by atoms with E-state index in [0.29, 0.717) is 56.0 Å². The van der Waals surface area contributed by atoms with Gasteiger partial charge in [-0.2, -0.15) is 0 Å². The minimum absolute atomic E-state index is 0.0375. The number of pyridine rings is 1. The van der Waals surface area contributed by atoms with Gasteiger partial charge in [-0.1, -0.05) is 0 Å². The molecule has 7 nitrogen and oxygen atoms in total. The predicted octanol–water partition coefficient (Wildman–Crippen LogP) is 1.98. The van der Waals surface area contributed by atoms with Crippen molar-refractivity contribution >= 4 is 5.91 Å². The number of carbonyl (C=O) groups is 1. The molecule has 0 spiro atoms. The second-order valence-corrected chi connectivity index (χ2v) is 7.93. The highest BCUT2D eigenvalue weighted by atomic mass is 16.5. The van der Waals surface area contributed by atoms with Gasteiger partial charge < -0.3 is 14.1 Å². The average molecular weight is 354 g/mol. The average Bonchev–Trinajstić information content (AvgIpc) is 3.11. The second kappa shape index (κ2) is 5.87. The predicted molar refractivity (Wildman–Crippen MR) is 91.6 cm³/mol. The van der Waals surface area contributed by atoms with Crippen molar-refractivity contribution in [3.8, 4) is 0 Å². The van der Waals surface area contributed by atoms with Crippen molar-refractivity contribution in [2.24, 2.45) is 11.3 Å². The number of amides is 1. The van der Waals surface area contributed by atoms with E-state index < -0.39 is 0 Å². The number of likely N-dealkylation sites (tertiary alicyclic amines) is 1. The first-order chi connectivity index (χ1) is 12.6. The van der Waals surface area contributed by atoms with Gasteiger partial charge in [-0.25, -0.2) is 0 Å². The number of aryl methyl sites for hydroxylation is 1. The third-order valence-corrected chi connectivity index (χ3v) is 5.88. The first kappa shape index (κ1) is 15.9. The third kappa shape index (κ3) is 2.70. The summed E-state index contributed by atoms with van der Waals surface area (Å²) in [6.07, 6.45) is 4.62. The Bertz CT molecular complexity index is 830. The molecule has 5 rings (SSSR count). The summed E-state index contributed by atoms with van der Waals surface area (Å²) in [5.74, 6) is 2.24. The van der Waals surface area contributed by atoms with Crippen LogP contribution in [0.15, 0.2) is 22.7 Å². The summed E-state index contributed by atoms with van der Waals surface area (Å²) in [7, 11) is 0. The smallest absolute Gasteiger partial charge is 0.255 e. The number of hydrogen-bond acceptors (Lipinski definition) is 6. The molecular formula is C19H22N4O3. The Labute approximate surface area is 151 Å². The van der Waals surface area contributed by atoms with E-state index >= 15 is 0 Å². The molecule has 3 fully saturated rings. The molecule has 2 aliphatic heterocycles. The molecule has 1 aliphatic carbocycles. The Morgan fingerprint density at radius 1 is 1.35 bits per heavy atom. The lowest BCUT2D eigenvalue weighted by atomic mass is 9.78. The van der Waals surface area contributed by atoms with Gasteiger partial charge in [-0.05, 0) is 31.9 Å². The van der Waals surface area contributed by atoms with E-state index in [1.54, 1.807) is 6.20 Å². The zero-order chi connectivity index (χ0) is 17.7. The summed E-state index contributed by atoms with van der Waals surface area (Å²) in [5, 5.41) is 8.44. The van der Waals surface area contributed by atoms with Gasteiger partial charge in [0.05, 0.1) is 18.8 Å². The minimum Gasteiger partial charge on any atom is -0.425 e. The molecule has 4 heterocycles. The van der Waals surface area contributed by atoms with Gasteiger partial charge >= 0.3 is 0 Å². The summed E-state index contributed by atoms with van der Waals surface area (Å²) in [6.45, 7) is 4.59. The van der Waals surface area contributed by atoms with Gasteiger partial charge in [0.15, 0.2) is 0 Å². The molecule has 0 N–H and O–H groups in total. The van der Waals surface area contributed by atoms with Crippen LogP contribution in [0.3, 0.4) is 0 Å². The van der Waals surface area contributed by atoms with Crippen LogP contribution in [0.1, 0.15) is 46.6 Å². The molecule has 2 atom stereocenters. The SMILES string of the molecule is Cc1ccc(C(=O)N2C[C@@H]3COC[C@@]3(Cc3nnc(C4CC4)o3)C2)cn1. The van der Waals surface area contributed by atoms with Gasteiger partial charge in [-0.3, -0.25) is 9.78 Å². The van der Waals surface area contributed by atoms with Gasteiger partial charge in [0.1, 0.15) is 0 Å². The van der Waals surface area contributed by atoms with E-state index in [-0.39, 0.29) is 11.3 Å². The van der Waals surface area contributed by atoms with Crippen molar-refractivity contribution in [3.05, 3.63) is 41.4 Å². The quantitative estimate of drug-likeness (QED) is 0.835. The standard InChI is InChI=1S/C19H22N4O3/c1-12-2-3-14(7-20-12)18(24)23-8-15-9-25-11-19(15,10-23)6-16-21-22-17(26-16)13-4-5-13/h2-3,7,13,15H,4-6,8-11H2,1H3/t15-,19-/m1/s1. The van der Waals surface area contributed by atoms with Crippen molar-refractivity contribution in [1.82, 2.24) is 20.1 Å². The monoisotopic (exact) mass is 354 g/mol. The van der Waals surface area contributed by atoms with Gasteiger partial charge in [0.25, 0.3) is 5.91 Å². The van der Waals surface area contributed by atoms with E-state index in [9.17, 15) is 4.79 Å². The number of carbonyl (C=O) groups excluding carboxylic acids is 1. The fourth-order valence-corrected chi connectivity index (χ4v) is 4.15. The summed E-state index contributed by atoms with van der Waals surface area (Å²) in [4.78, 5) is 19.1. The Hall–Kier alpha value is -2.28. The van der Waals surface area contributed by atoms with E-state index in [2.05, 4.69) is 15.2 Å². The van der Waals surface area contributed by atoms with E-state index in [1.165, 1.54) is 0 Å². The molecule has 136 valence electrons. The van der Waals surface area contributed by atoms with Crippen LogP contribution in [0.25, 0.3) is 0 Å². The molecule has 0 aromatic carbocycles. The van der Waals surface area contributed by atoms with Crippen molar-refractivity contribution in [3.63, 3.8) is 0 Å². The van der Waals surface area contributed by atoms with Gasteiger partial charge in [0, 0.05) is 48.7 Å².